The predicted octanol–water partition coefficient (Wildman–Crippen LogP) is 5.93. The van der Waals surface area contributed by atoms with Crippen LogP contribution in [0.4, 0.5) is 10.5 Å². The number of ether oxygens (including phenoxy) is 1. The molecule has 1 aliphatic rings. The van der Waals surface area contributed by atoms with E-state index in [2.05, 4.69) is 39.7 Å². The second-order valence-electron chi connectivity index (χ2n) is 7.10. The number of rotatable bonds is 3. The number of anilines is 1. The van der Waals surface area contributed by atoms with Gasteiger partial charge in [-0.25, -0.2) is 4.79 Å². The summed E-state index contributed by atoms with van der Waals surface area (Å²) in [6.07, 6.45) is 4.31. The summed E-state index contributed by atoms with van der Waals surface area (Å²) in [7, 11) is 1.00. The van der Waals surface area contributed by atoms with E-state index in [4.69, 9.17) is 14.6 Å². The number of fused-ring (bicyclic) bond motifs is 1. The minimum absolute atomic E-state index is 0.222. The molecular weight excluding hydrogens is 460 g/mol. The second-order valence-corrected chi connectivity index (χ2v) is 7.87. The number of aliphatic hydroxyl groups excluding tert-OH is 1. The van der Waals surface area contributed by atoms with Crippen molar-refractivity contribution in [1.82, 2.24) is 4.37 Å². The van der Waals surface area contributed by atoms with E-state index < -0.39 is 6.09 Å². The number of nitrogens with zero attached hydrogens (tertiary/aromatic N) is 1. The third-order valence-corrected chi connectivity index (χ3v) is 5.83. The van der Waals surface area contributed by atoms with Crippen LogP contribution in [0.1, 0.15) is 59.5 Å². The van der Waals surface area contributed by atoms with E-state index in [0.717, 1.165) is 41.6 Å². The lowest BCUT2D eigenvalue weighted by Crippen LogP contribution is -2.14. The van der Waals surface area contributed by atoms with Gasteiger partial charge in [0, 0.05) is 12.7 Å². The maximum absolute atomic E-state index is 12.2. The molecule has 0 saturated carbocycles. The van der Waals surface area contributed by atoms with E-state index in [9.17, 15) is 4.79 Å². The average molecular weight is 495 g/mol. The molecule has 2 aromatic carbocycles. The first-order valence-electron chi connectivity index (χ1n) is 11.5. The quantitative estimate of drug-likeness (QED) is 0.441. The fourth-order valence-electron chi connectivity index (χ4n) is 3.40. The van der Waals surface area contributed by atoms with Crippen LogP contribution in [0.3, 0.4) is 0 Å². The van der Waals surface area contributed by atoms with E-state index in [-0.39, 0.29) is 6.61 Å². The van der Waals surface area contributed by atoms with Crippen molar-refractivity contribution >= 4 is 30.1 Å². The van der Waals surface area contributed by atoms with Crippen molar-refractivity contribution in [2.75, 3.05) is 12.4 Å². The highest BCUT2D eigenvalue weighted by Gasteiger charge is 2.14. The Balaban J connectivity index is 0.000000949. The molecule has 0 aliphatic heterocycles. The van der Waals surface area contributed by atoms with E-state index in [0.29, 0.717) is 5.69 Å². The molecule has 1 aromatic heterocycles. The lowest BCUT2D eigenvalue weighted by molar-refractivity contribution is -0.0980. The number of aryl methyl sites for hydroxylation is 3. The van der Waals surface area contributed by atoms with Crippen molar-refractivity contribution < 1.29 is 19.4 Å². The Kier molecular flexibility index (Phi) is 14.4. The van der Waals surface area contributed by atoms with E-state index >= 15 is 0 Å². The van der Waals surface area contributed by atoms with Crippen LogP contribution in [0.25, 0.3) is 0 Å². The number of aliphatic hydroxyl groups is 1. The van der Waals surface area contributed by atoms with Gasteiger partial charge in [0.05, 0.1) is 11.4 Å². The Hall–Kier alpha value is -3.47. The van der Waals surface area contributed by atoms with E-state index in [1.807, 2.05) is 57.9 Å². The molecule has 0 atom stereocenters. The van der Waals surface area contributed by atoms with Gasteiger partial charge < -0.3 is 14.6 Å². The van der Waals surface area contributed by atoms with Crippen LogP contribution in [0.2, 0.25) is 0 Å². The van der Waals surface area contributed by atoms with Crippen LogP contribution >= 0.6 is 11.5 Å². The van der Waals surface area contributed by atoms with Crippen LogP contribution in [0.5, 0.6) is 0 Å². The van der Waals surface area contributed by atoms with Gasteiger partial charge in [-0.3, -0.25) is 5.32 Å². The van der Waals surface area contributed by atoms with Crippen LogP contribution in [-0.4, -0.2) is 29.5 Å². The maximum Gasteiger partial charge on any atom is 0.412 e. The molecule has 6 nitrogen and oxygen atoms in total. The molecule has 186 valence electrons. The van der Waals surface area contributed by atoms with Crippen LogP contribution in [0.15, 0.2) is 48.5 Å². The number of carbonyl (C=O) groups excluding carboxylic acids is 2. The number of amides is 1. The summed E-state index contributed by atoms with van der Waals surface area (Å²) < 4.78 is 9.65. The summed E-state index contributed by atoms with van der Waals surface area (Å²) in [5.41, 5.74) is 6.15. The SMILES string of the molecule is C=O.CC.CO.Cc1nsc(C#Cc2ccc3c(c2)CCCC3)c1NC(=O)OCc1ccccc1. The number of aromatic nitrogens is 1. The molecule has 1 amide bonds. The standard InChI is InChI=1S/C24H22N2O2S.C2H6.CH4O.CH2O/c1-17-23(25-24(27)28-16-19-7-3-2-4-8-19)22(29-26-17)14-12-18-11-13-20-9-5-6-10-21(20)15-18;3*1-2/h2-4,7-8,11,13,15H,5-6,9-10,16H2,1H3,(H,25,27);1-2H3;2H,1H3;1H2. The Morgan fingerprint density at radius 2 is 1.71 bits per heavy atom. The first kappa shape index (κ1) is 29.6. The van der Waals surface area contributed by atoms with Gasteiger partial charge in [0.15, 0.2) is 0 Å². The van der Waals surface area contributed by atoms with Crippen molar-refractivity contribution in [2.24, 2.45) is 0 Å². The summed E-state index contributed by atoms with van der Waals surface area (Å²) in [5.74, 6) is 6.40. The smallest absolute Gasteiger partial charge is 0.412 e. The second kappa shape index (κ2) is 17.0. The zero-order valence-corrected chi connectivity index (χ0v) is 21.7. The molecule has 0 bridgehead atoms. The predicted molar refractivity (Wildman–Crippen MR) is 143 cm³/mol. The van der Waals surface area contributed by atoms with Gasteiger partial charge in [0.25, 0.3) is 0 Å². The van der Waals surface area contributed by atoms with Gasteiger partial charge in [-0.2, -0.15) is 4.37 Å². The minimum atomic E-state index is -0.506. The first-order valence-corrected chi connectivity index (χ1v) is 12.3. The highest BCUT2D eigenvalue weighted by Crippen LogP contribution is 2.25. The van der Waals surface area contributed by atoms with Crippen LogP contribution in [-0.2, 0) is 29.0 Å². The molecule has 2 N–H and O–H groups in total. The first-order chi connectivity index (χ1) is 17.2. The molecule has 35 heavy (non-hydrogen) atoms. The molecule has 0 unspecified atom stereocenters. The molecule has 4 rings (SSSR count). The molecule has 3 aromatic rings. The highest BCUT2D eigenvalue weighted by molar-refractivity contribution is 7.07. The Morgan fingerprint density at radius 1 is 1.06 bits per heavy atom. The van der Waals surface area contributed by atoms with Gasteiger partial charge in [0.1, 0.15) is 18.3 Å². The molecule has 0 fully saturated rings. The highest BCUT2D eigenvalue weighted by atomic mass is 32.1. The third-order valence-electron chi connectivity index (χ3n) is 4.97. The fourth-order valence-corrected chi connectivity index (χ4v) is 4.11. The number of hydrogen-bond donors (Lipinski definition) is 2. The van der Waals surface area contributed by atoms with Gasteiger partial charge in [-0.1, -0.05) is 56.2 Å². The molecule has 1 aliphatic carbocycles. The Bertz CT molecular complexity index is 1100. The molecule has 0 radical (unpaired) electrons. The molecule has 0 spiro atoms. The van der Waals surface area contributed by atoms with Gasteiger partial charge in [-0.05, 0) is 78.9 Å². The largest absolute Gasteiger partial charge is 0.444 e. The van der Waals surface area contributed by atoms with Crippen LogP contribution < -0.4 is 5.32 Å². The lowest BCUT2D eigenvalue weighted by atomic mass is 9.90. The number of nitrogens with one attached hydrogen (secondary N) is 1. The number of hydrogen-bond acceptors (Lipinski definition) is 6. The zero-order valence-electron chi connectivity index (χ0n) is 20.9. The van der Waals surface area contributed by atoms with Crippen molar-refractivity contribution in [2.45, 2.75) is 53.1 Å². The van der Waals surface area contributed by atoms with Crippen molar-refractivity contribution in [3.05, 3.63) is 81.4 Å². The van der Waals surface area contributed by atoms with Gasteiger partial charge in [0.2, 0.25) is 0 Å². The maximum atomic E-state index is 12.2. The Morgan fingerprint density at radius 3 is 2.40 bits per heavy atom. The topological polar surface area (TPSA) is 88.5 Å². The van der Waals surface area contributed by atoms with Crippen LogP contribution in [0, 0.1) is 18.8 Å². The third kappa shape index (κ3) is 9.36. The molecular formula is C28H34N2O4S. The molecule has 1 heterocycles. The molecule has 0 saturated heterocycles. The fraction of sp³-hybridized carbons (Fsp3) is 0.321. The van der Waals surface area contributed by atoms with Crippen molar-refractivity contribution in [3.8, 4) is 11.8 Å². The summed E-state index contributed by atoms with van der Waals surface area (Å²) in [6, 6.07) is 16.0. The van der Waals surface area contributed by atoms with E-state index in [1.165, 1.54) is 35.5 Å². The average Bonchev–Trinajstić information content (AvgIpc) is 3.28. The summed E-state index contributed by atoms with van der Waals surface area (Å²) in [4.78, 5) is 21.0. The molecule has 7 heteroatoms. The Labute approximate surface area is 212 Å². The summed E-state index contributed by atoms with van der Waals surface area (Å²) in [6.45, 7) is 8.08. The van der Waals surface area contributed by atoms with Crippen molar-refractivity contribution in [1.29, 1.82) is 0 Å². The van der Waals surface area contributed by atoms with Gasteiger partial charge >= 0.3 is 6.09 Å². The monoisotopic (exact) mass is 494 g/mol. The van der Waals surface area contributed by atoms with E-state index in [1.54, 1.807) is 0 Å². The summed E-state index contributed by atoms with van der Waals surface area (Å²) in [5, 5.41) is 9.80. The number of benzene rings is 2. The summed E-state index contributed by atoms with van der Waals surface area (Å²) >= 11 is 1.29. The van der Waals surface area contributed by atoms with Gasteiger partial charge in [-0.15, -0.1) is 0 Å². The normalized spacial score (nSPS) is 10.8. The minimum Gasteiger partial charge on any atom is -0.444 e. The zero-order chi connectivity index (χ0) is 26.1. The number of carbonyl (C=O) groups is 2. The lowest BCUT2D eigenvalue weighted by Gasteiger charge is -2.15. The van der Waals surface area contributed by atoms with Crippen molar-refractivity contribution in [3.63, 3.8) is 0 Å².